The monoisotopic (exact) mass is 360 g/mol. The van der Waals surface area contributed by atoms with Gasteiger partial charge in [0.2, 0.25) is 0 Å². The molecule has 2 saturated heterocycles. The molecule has 26 heavy (non-hydrogen) atoms. The molecule has 2 aliphatic rings. The van der Waals surface area contributed by atoms with Gasteiger partial charge in [-0.25, -0.2) is 8.78 Å². The second-order valence-corrected chi connectivity index (χ2v) is 7.02. The summed E-state index contributed by atoms with van der Waals surface area (Å²) in [6.07, 6.45) is 2.76. The smallest absolute Gasteiger partial charge is 0.123 e. The summed E-state index contributed by atoms with van der Waals surface area (Å²) in [5, 5.41) is 0. The van der Waals surface area contributed by atoms with E-state index < -0.39 is 0 Å². The van der Waals surface area contributed by atoms with Gasteiger partial charge >= 0.3 is 0 Å². The van der Waals surface area contributed by atoms with Gasteiger partial charge in [-0.05, 0) is 61.7 Å². The van der Waals surface area contributed by atoms with Crippen LogP contribution in [0.5, 0.6) is 0 Å². The van der Waals surface area contributed by atoms with Crippen LogP contribution in [0.4, 0.5) is 8.78 Å². The van der Waals surface area contributed by atoms with Crippen LogP contribution >= 0.6 is 0 Å². The zero-order chi connectivity index (χ0) is 18.5. The molecule has 2 N–H and O–H groups in total. The van der Waals surface area contributed by atoms with E-state index in [-0.39, 0.29) is 23.8 Å². The van der Waals surface area contributed by atoms with Crippen LogP contribution in [0.25, 0.3) is 0 Å². The van der Waals surface area contributed by atoms with Crippen molar-refractivity contribution >= 4 is 0 Å². The van der Waals surface area contributed by atoms with Crippen LogP contribution in [-0.4, -0.2) is 30.6 Å². The molecule has 3 nitrogen and oxygen atoms in total. The highest BCUT2D eigenvalue weighted by Crippen LogP contribution is 2.29. The fourth-order valence-electron chi connectivity index (χ4n) is 3.25. The van der Waals surface area contributed by atoms with Gasteiger partial charge in [0.15, 0.2) is 0 Å². The van der Waals surface area contributed by atoms with E-state index in [0.717, 1.165) is 30.8 Å². The lowest BCUT2D eigenvalue weighted by molar-refractivity contribution is 0.252. The largest absolute Gasteiger partial charge is 0.368 e. The van der Waals surface area contributed by atoms with Gasteiger partial charge in [0.05, 0.1) is 6.61 Å². The topological polar surface area (TPSA) is 41.8 Å². The van der Waals surface area contributed by atoms with Crippen LogP contribution in [0, 0.1) is 11.6 Å². The van der Waals surface area contributed by atoms with Crippen molar-refractivity contribution in [2.24, 2.45) is 5.73 Å². The second-order valence-electron chi connectivity index (χ2n) is 7.02. The van der Waals surface area contributed by atoms with Crippen LogP contribution < -0.4 is 5.73 Å². The van der Waals surface area contributed by atoms with Crippen molar-refractivity contribution in [1.29, 1.82) is 0 Å². The number of halogens is 2. The molecule has 0 amide bonds. The Balaban J connectivity index is 0.000000167. The number of nitrogens with two attached hydrogens (primary N) is 1. The van der Waals surface area contributed by atoms with E-state index in [2.05, 4.69) is 11.8 Å². The maximum absolute atomic E-state index is 12.8. The zero-order valence-corrected chi connectivity index (χ0v) is 15.1. The van der Waals surface area contributed by atoms with E-state index in [1.807, 2.05) is 0 Å². The zero-order valence-electron chi connectivity index (χ0n) is 15.1. The Morgan fingerprint density at radius 1 is 1.08 bits per heavy atom. The minimum absolute atomic E-state index is 0.0128. The standard InChI is InChI=1S/C13H19FN2.C8H7FO/c1-10-3-2-8-16(10)9-13(15)11-4-6-12(14)7-5-11;9-7-3-1-6(2-4-7)8-5-10-8/h4-7,10,13H,2-3,8-9,15H2,1H3;1-4,8H,5H2/t10?,13-;8-/m11/s1. The highest BCUT2D eigenvalue weighted by atomic mass is 19.1. The number of nitrogens with zero attached hydrogens (tertiary/aromatic N) is 1. The molecular formula is C21H26F2N2O. The maximum atomic E-state index is 12.8. The molecule has 5 heteroatoms. The van der Waals surface area contributed by atoms with E-state index in [9.17, 15) is 8.78 Å². The van der Waals surface area contributed by atoms with Crippen molar-refractivity contribution in [3.05, 3.63) is 71.3 Å². The molecule has 0 aliphatic carbocycles. The van der Waals surface area contributed by atoms with Gasteiger partial charge in [-0.3, -0.25) is 4.90 Å². The van der Waals surface area contributed by atoms with Gasteiger partial charge < -0.3 is 10.5 Å². The molecule has 2 heterocycles. The van der Waals surface area contributed by atoms with Gasteiger partial charge in [-0.15, -0.1) is 0 Å². The third-order valence-electron chi connectivity index (χ3n) is 5.00. The number of epoxide rings is 1. The van der Waals surface area contributed by atoms with E-state index in [4.69, 9.17) is 10.5 Å². The Morgan fingerprint density at radius 2 is 1.65 bits per heavy atom. The van der Waals surface area contributed by atoms with E-state index in [0.29, 0.717) is 6.04 Å². The van der Waals surface area contributed by atoms with Crippen molar-refractivity contribution in [1.82, 2.24) is 4.90 Å². The highest BCUT2D eigenvalue weighted by molar-refractivity contribution is 5.21. The molecule has 2 aliphatic heterocycles. The molecule has 2 aromatic carbocycles. The summed E-state index contributed by atoms with van der Waals surface area (Å²) in [7, 11) is 0. The number of benzene rings is 2. The Hall–Kier alpha value is -1.82. The van der Waals surface area contributed by atoms with Crippen molar-refractivity contribution < 1.29 is 13.5 Å². The molecule has 1 unspecified atom stereocenters. The Kier molecular flexibility index (Phi) is 6.35. The lowest BCUT2D eigenvalue weighted by atomic mass is 10.1. The van der Waals surface area contributed by atoms with Crippen molar-refractivity contribution in [2.45, 2.75) is 38.0 Å². The van der Waals surface area contributed by atoms with Crippen LogP contribution in [0.15, 0.2) is 48.5 Å². The number of hydrogen-bond donors (Lipinski definition) is 1. The molecule has 4 rings (SSSR count). The first-order chi connectivity index (χ1) is 12.5. The fourth-order valence-corrected chi connectivity index (χ4v) is 3.25. The molecule has 0 saturated carbocycles. The fraction of sp³-hybridized carbons (Fsp3) is 0.429. The van der Waals surface area contributed by atoms with E-state index in [1.165, 1.54) is 37.1 Å². The summed E-state index contributed by atoms with van der Waals surface area (Å²) in [5.74, 6) is -0.394. The lowest BCUT2D eigenvalue weighted by Crippen LogP contribution is -2.34. The summed E-state index contributed by atoms with van der Waals surface area (Å²) >= 11 is 0. The summed E-state index contributed by atoms with van der Waals surface area (Å²) in [6, 6.07) is 13.5. The summed E-state index contributed by atoms with van der Waals surface area (Å²) in [4.78, 5) is 2.41. The minimum atomic E-state index is -0.203. The quantitative estimate of drug-likeness (QED) is 0.831. The predicted molar refractivity (Wildman–Crippen MR) is 98.7 cm³/mol. The van der Waals surface area contributed by atoms with Gasteiger partial charge in [0.1, 0.15) is 17.7 Å². The van der Waals surface area contributed by atoms with Crippen LogP contribution in [0.2, 0.25) is 0 Å². The molecular weight excluding hydrogens is 334 g/mol. The lowest BCUT2D eigenvalue weighted by Gasteiger charge is -2.24. The number of hydrogen-bond acceptors (Lipinski definition) is 3. The SMILES string of the molecule is CC1CCCN1C[C@@H](N)c1ccc(F)cc1.Fc1ccc([C@H]2CO2)cc1. The molecule has 0 aromatic heterocycles. The summed E-state index contributed by atoms with van der Waals surface area (Å²) in [6.45, 7) is 5.03. The third kappa shape index (κ3) is 5.34. The summed E-state index contributed by atoms with van der Waals surface area (Å²) < 4.78 is 30.1. The van der Waals surface area contributed by atoms with Crippen molar-refractivity contribution in [2.75, 3.05) is 19.7 Å². The first-order valence-electron chi connectivity index (χ1n) is 9.15. The Labute approximate surface area is 153 Å². The van der Waals surface area contributed by atoms with Gasteiger partial charge in [-0.2, -0.15) is 0 Å². The molecule has 0 spiro atoms. The van der Waals surface area contributed by atoms with Crippen LogP contribution in [-0.2, 0) is 4.74 Å². The number of ether oxygens (including phenoxy) is 1. The average molecular weight is 360 g/mol. The molecule has 140 valence electrons. The molecule has 0 bridgehead atoms. The molecule has 0 radical (unpaired) electrons. The van der Waals surface area contributed by atoms with Crippen molar-refractivity contribution in [3.8, 4) is 0 Å². The Bertz CT molecular complexity index is 686. The second kappa shape index (κ2) is 8.71. The third-order valence-corrected chi connectivity index (χ3v) is 5.00. The first kappa shape index (κ1) is 19.0. The predicted octanol–water partition coefficient (Wildman–Crippen LogP) is 4.21. The number of rotatable bonds is 4. The summed E-state index contributed by atoms with van der Waals surface area (Å²) in [5.41, 5.74) is 8.21. The van der Waals surface area contributed by atoms with Gasteiger partial charge in [0, 0.05) is 18.6 Å². The molecule has 2 aromatic rings. The average Bonchev–Trinajstić information content (AvgIpc) is 3.41. The normalized spacial score (nSPS) is 23.2. The van der Waals surface area contributed by atoms with Crippen LogP contribution in [0.3, 0.4) is 0 Å². The highest BCUT2D eigenvalue weighted by Gasteiger charge is 2.24. The van der Waals surface area contributed by atoms with Gasteiger partial charge in [-0.1, -0.05) is 24.3 Å². The molecule has 3 atom stereocenters. The van der Waals surface area contributed by atoms with Crippen LogP contribution in [0.1, 0.15) is 43.0 Å². The maximum Gasteiger partial charge on any atom is 0.123 e. The Morgan fingerprint density at radius 3 is 2.15 bits per heavy atom. The van der Waals surface area contributed by atoms with E-state index >= 15 is 0 Å². The van der Waals surface area contributed by atoms with Crippen molar-refractivity contribution in [3.63, 3.8) is 0 Å². The first-order valence-corrected chi connectivity index (χ1v) is 9.15. The molecule has 2 fully saturated rings. The minimum Gasteiger partial charge on any atom is -0.368 e. The van der Waals surface area contributed by atoms with E-state index in [1.54, 1.807) is 24.3 Å². The van der Waals surface area contributed by atoms with Gasteiger partial charge in [0.25, 0.3) is 0 Å². The number of likely N-dealkylation sites (tertiary alicyclic amines) is 1.